The van der Waals surface area contributed by atoms with Crippen molar-refractivity contribution in [1.29, 1.82) is 0 Å². The van der Waals surface area contributed by atoms with Crippen molar-refractivity contribution in [2.75, 3.05) is 0 Å². The average molecular weight is 292 g/mol. The Labute approximate surface area is 122 Å². The third-order valence-electron chi connectivity index (χ3n) is 3.44. The summed E-state index contributed by atoms with van der Waals surface area (Å²) < 4.78 is 4.42. The fourth-order valence-corrected chi connectivity index (χ4v) is 3.30. The highest BCUT2D eigenvalue weighted by Crippen LogP contribution is 2.39. The van der Waals surface area contributed by atoms with Gasteiger partial charge in [-0.25, -0.2) is 4.98 Å². The molecule has 1 aliphatic rings. The fraction of sp³-hybridized carbons (Fsp3) is 0.615. The summed E-state index contributed by atoms with van der Waals surface area (Å²) in [4.78, 5) is 4.23. The van der Waals surface area contributed by atoms with Crippen LogP contribution in [0.15, 0.2) is 17.7 Å². The van der Waals surface area contributed by atoms with Crippen LogP contribution in [0.1, 0.15) is 43.7 Å². The Morgan fingerprint density at radius 3 is 2.95 bits per heavy atom. The van der Waals surface area contributed by atoms with Gasteiger partial charge in [-0.3, -0.25) is 0 Å². The van der Waals surface area contributed by atoms with Crippen LogP contribution in [0, 0.1) is 0 Å². The van der Waals surface area contributed by atoms with Gasteiger partial charge in [0.2, 0.25) is 0 Å². The molecule has 0 unspecified atom stereocenters. The minimum absolute atomic E-state index is 0.456. The van der Waals surface area contributed by atoms with Gasteiger partial charge in [-0.1, -0.05) is 18.7 Å². The first-order chi connectivity index (χ1) is 9.83. The molecule has 108 valence electrons. The number of nitrogens with two attached hydrogens (primary N) is 1. The average Bonchev–Trinajstić information content (AvgIpc) is 3.06. The number of imidazole rings is 1. The second kappa shape index (κ2) is 5.97. The first kappa shape index (κ1) is 13.6. The molecule has 6 nitrogen and oxygen atoms in total. The molecule has 2 heterocycles. The molecule has 7 heteroatoms. The standard InChI is InChI=1S/C13H20N6S/c1-2-5-18-9-15-7-11(18)8-20-13-17-16-12(6-14)19(13)10-3-4-10/h7,9-10H,2-6,8,14H2,1H3. The third-order valence-corrected chi connectivity index (χ3v) is 4.42. The zero-order valence-electron chi connectivity index (χ0n) is 11.7. The van der Waals surface area contributed by atoms with E-state index in [-0.39, 0.29) is 0 Å². The van der Waals surface area contributed by atoms with E-state index < -0.39 is 0 Å². The van der Waals surface area contributed by atoms with E-state index in [0.717, 1.165) is 29.7 Å². The molecule has 20 heavy (non-hydrogen) atoms. The summed E-state index contributed by atoms with van der Waals surface area (Å²) >= 11 is 1.72. The molecule has 1 aliphatic carbocycles. The van der Waals surface area contributed by atoms with Crippen molar-refractivity contribution in [3.05, 3.63) is 24.0 Å². The fourth-order valence-electron chi connectivity index (χ4n) is 2.29. The Morgan fingerprint density at radius 1 is 1.40 bits per heavy atom. The zero-order chi connectivity index (χ0) is 13.9. The number of rotatable bonds is 7. The van der Waals surface area contributed by atoms with Gasteiger partial charge in [0.1, 0.15) is 5.82 Å². The van der Waals surface area contributed by atoms with E-state index in [1.165, 1.54) is 18.5 Å². The molecule has 0 amide bonds. The predicted octanol–water partition coefficient (Wildman–Crippen LogP) is 1.97. The molecule has 2 aromatic rings. The van der Waals surface area contributed by atoms with Crippen LogP contribution in [0.25, 0.3) is 0 Å². The second-order valence-electron chi connectivity index (χ2n) is 5.07. The molecule has 0 spiro atoms. The van der Waals surface area contributed by atoms with Crippen LogP contribution in [0.3, 0.4) is 0 Å². The summed E-state index contributed by atoms with van der Waals surface area (Å²) in [6.45, 7) is 3.64. The highest BCUT2D eigenvalue weighted by Gasteiger charge is 2.29. The summed E-state index contributed by atoms with van der Waals surface area (Å²) in [5.41, 5.74) is 6.97. The molecular formula is C13H20N6S. The van der Waals surface area contributed by atoms with Crippen molar-refractivity contribution >= 4 is 11.8 Å². The molecule has 0 aliphatic heterocycles. The van der Waals surface area contributed by atoms with E-state index in [1.54, 1.807) is 11.8 Å². The zero-order valence-corrected chi connectivity index (χ0v) is 12.5. The predicted molar refractivity (Wildman–Crippen MR) is 78.3 cm³/mol. The van der Waals surface area contributed by atoms with Crippen LogP contribution >= 0.6 is 11.8 Å². The monoisotopic (exact) mass is 292 g/mol. The first-order valence-electron chi connectivity index (χ1n) is 7.09. The van der Waals surface area contributed by atoms with Gasteiger partial charge in [0.05, 0.1) is 12.9 Å². The van der Waals surface area contributed by atoms with Crippen LogP contribution in [-0.4, -0.2) is 24.3 Å². The van der Waals surface area contributed by atoms with E-state index in [9.17, 15) is 0 Å². The second-order valence-corrected chi connectivity index (χ2v) is 6.01. The molecule has 2 N–H and O–H groups in total. The maximum atomic E-state index is 5.74. The summed E-state index contributed by atoms with van der Waals surface area (Å²) in [5, 5.41) is 9.47. The molecule has 0 bridgehead atoms. The number of aromatic nitrogens is 5. The molecule has 0 atom stereocenters. The maximum Gasteiger partial charge on any atom is 0.191 e. The molecule has 1 fully saturated rings. The molecule has 0 radical (unpaired) electrons. The normalized spacial score (nSPS) is 14.9. The summed E-state index contributed by atoms with van der Waals surface area (Å²) in [5.74, 6) is 1.77. The van der Waals surface area contributed by atoms with Crippen molar-refractivity contribution in [1.82, 2.24) is 24.3 Å². The van der Waals surface area contributed by atoms with Gasteiger partial charge in [-0.2, -0.15) is 0 Å². The SMILES string of the molecule is CCCn1cncc1CSc1nnc(CN)n1C1CC1. The Morgan fingerprint density at radius 2 is 2.25 bits per heavy atom. The Bertz CT molecular complexity index is 571. The topological polar surface area (TPSA) is 74.6 Å². The van der Waals surface area contributed by atoms with Gasteiger partial charge >= 0.3 is 0 Å². The minimum atomic E-state index is 0.456. The van der Waals surface area contributed by atoms with Gasteiger partial charge in [0.15, 0.2) is 5.16 Å². The summed E-state index contributed by atoms with van der Waals surface area (Å²) in [6, 6.07) is 0.562. The van der Waals surface area contributed by atoms with Gasteiger partial charge in [0.25, 0.3) is 0 Å². The quantitative estimate of drug-likeness (QED) is 0.790. The number of hydrogen-bond acceptors (Lipinski definition) is 5. The first-order valence-corrected chi connectivity index (χ1v) is 8.07. The lowest BCUT2D eigenvalue weighted by Crippen LogP contribution is -2.08. The Hall–Kier alpha value is -1.34. The number of thioether (sulfide) groups is 1. The highest BCUT2D eigenvalue weighted by molar-refractivity contribution is 7.98. The van der Waals surface area contributed by atoms with Crippen LogP contribution in [0.4, 0.5) is 0 Å². The lowest BCUT2D eigenvalue weighted by atomic mass is 10.4. The van der Waals surface area contributed by atoms with Crippen LogP contribution < -0.4 is 5.73 Å². The minimum Gasteiger partial charge on any atom is -0.334 e. The summed E-state index contributed by atoms with van der Waals surface area (Å²) in [7, 11) is 0. The van der Waals surface area contributed by atoms with Crippen LogP contribution in [-0.2, 0) is 18.8 Å². The van der Waals surface area contributed by atoms with Crippen LogP contribution in [0.2, 0.25) is 0 Å². The number of hydrogen-bond donors (Lipinski definition) is 1. The van der Waals surface area contributed by atoms with Crippen LogP contribution in [0.5, 0.6) is 0 Å². The van der Waals surface area contributed by atoms with Gasteiger partial charge in [-0.15, -0.1) is 10.2 Å². The van der Waals surface area contributed by atoms with Crippen molar-refractivity contribution in [3.63, 3.8) is 0 Å². The lowest BCUT2D eigenvalue weighted by Gasteiger charge is -2.08. The lowest BCUT2D eigenvalue weighted by molar-refractivity contribution is 0.625. The van der Waals surface area contributed by atoms with E-state index in [2.05, 4.69) is 31.2 Å². The van der Waals surface area contributed by atoms with Gasteiger partial charge < -0.3 is 14.9 Å². The van der Waals surface area contributed by atoms with E-state index in [4.69, 9.17) is 5.73 Å². The molecule has 0 aromatic carbocycles. The Balaban J connectivity index is 1.72. The summed E-state index contributed by atoms with van der Waals surface area (Å²) in [6.07, 6.45) is 7.38. The Kier molecular flexibility index (Phi) is 4.07. The molecule has 0 saturated heterocycles. The van der Waals surface area contributed by atoms with Gasteiger partial charge in [-0.05, 0) is 19.3 Å². The molecular weight excluding hydrogens is 272 g/mol. The van der Waals surface area contributed by atoms with Gasteiger partial charge in [0, 0.05) is 30.2 Å². The van der Waals surface area contributed by atoms with E-state index >= 15 is 0 Å². The number of aryl methyl sites for hydroxylation is 1. The molecule has 1 saturated carbocycles. The van der Waals surface area contributed by atoms with Crippen molar-refractivity contribution in [3.8, 4) is 0 Å². The van der Waals surface area contributed by atoms with Crippen molar-refractivity contribution < 1.29 is 0 Å². The van der Waals surface area contributed by atoms with E-state index in [0.29, 0.717) is 12.6 Å². The smallest absolute Gasteiger partial charge is 0.191 e. The highest BCUT2D eigenvalue weighted by atomic mass is 32.2. The molecule has 3 rings (SSSR count). The number of nitrogens with zero attached hydrogens (tertiary/aromatic N) is 5. The van der Waals surface area contributed by atoms with Crippen molar-refractivity contribution in [2.24, 2.45) is 5.73 Å². The third kappa shape index (κ3) is 2.73. The van der Waals surface area contributed by atoms with E-state index in [1.807, 2.05) is 12.5 Å². The molecule has 2 aromatic heterocycles. The largest absolute Gasteiger partial charge is 0.334 e. The van der Waals surface area contributed by atoms with Crippen molar-refractivity contribution in [2.45, 2.75) is 56.2 Å². The maximum absolute atomic E-state index is 5.74.